The van der Waals surface area contributed by atoms with Gasteiger partial charge in [0.2, 0.25) is 0 Å². The largest absolute Gasteiger partial charge is 0.328 e. The van der Waals surface area contributed by atoms with Crippen LogP contribution in [0.4, 0.5) is 0 Å². The Labute approximate surface area is 102 Å². The molecule has 1 aromatic rings. The number of likely N-dealkylation sites (tertiary alicyclic amines) is 1. The lowest BCUT2D eigenvalue weighted by Crippen LogP contribution is -2.44. The van der Waals surface area contributed by atoms with E-state index in [0.717, 1.165) is 25.9 Å². The molecule has 1 aliphatic heterocycles. The van der Waals surface area contributed by atoms with Crippen LogP contribution in [0.2, 0.25) is 5.15 Å². The van der Waals surface area contributed by atoms with E-state index < -0.39 is 0 Å². The van der Waals surface area contributed by atoms with Crippen LogP contribution in [0, 0.1) is 0 Å². The van der Waals surface area contributed by atoms with Crippen molar-refractivity contribution in [2.24, 2.45) is 5.73 Å². The fourth-order valence-electron chi connectivity index (χ4n) is 2.23. The molecule has 16 heavy (non-hydrogen) atoms. The van der Waals surface area contributed by atoms with Gasteiger partial charge in [-0.05, 0) is 31.4 Å². The van der Waals surface area contributed by atoms with Crippen LogP contribution in [0.25, 0.3) is 0 Å². The first-order valence-electron chi connectivity index (χ1n) is 5.75. The van der Waals surface area contributed by atoms with Crippen LogP contribution in [-0.4, -0.2) is 28.5 Å². The highest BCUT2D eigenvalue weighted by Gasteiger charge is 2.22. The summed E-state index contributed by atoms with van der Waals surface area (Å²) in [5.74, 6) is 0. The Morgan fingerprint density at radius 1 is 1.56 bits per heavy atom. The van der Waals surface area contributed by atoms with Crippen LogP contribution in [0.1, 0.15) is 25.3 Å². The van der Waals surface area contributed by atoms with Crippen molar-refractivity contribution in [1.82, 2.24) is 9.88 Å². The van der Waals surface area contributed by atoms with Gasteiger partial charge in [0.1, 0.15) is 5.15 Å². The molecule has 0 bridgehead atoms. The summed E-state index contributed by atoms with van der Waals surface area (Å²) in [6.07, 6.45) is 4.02. The summed E-state index contributed by atoms with van der Waals surface area (Å²) in [5, 5.41) is 0.553. The first kappa shape index (κ1) is 11.8. The predicted molar refractivity (Wildman–Crippen MR) is 66.3 cm³/mol. The van der Waals surface area contributed by atoms with Gasteiger partial charge in [0.25, 0.3) is 0 Å². The van der Waals surface area contributed by atoms with Crippen molar-refractivity contribution < 1.29 is 0 Å². The normalized spacial score (nSPS) is 26.9. The Kier molecular flexibility index (Phi) is 3.79. The third-order valence-electron chi connectivity index (χ3n) is 3.23. The van der Waals surface area contributed by atoms with Crippen LogP contribution < -0.4 is 5.73 Å². The van der Waals surface area contributed by atoms with Gasteiger partial charge in [-0.1, -0.05) is 17.7 Å². The van der Waals surface area contributed by atoms with E-state index in [1.54, 1.807) is 0 Å². The predicted octanol–water partition coefficient (Wildman–Crippen LogP) is 2.05. The second kappa shape index (κ2) is 5.13. The van der Waals surface area contributed by atoms with Crippen molar-refractivity contribution in [1.29, 1.82) is 0 Å². The van der Waals surface area contributed by atoms with Crippen molar-refractivity contribution >= 4 is 11.6 Å². The number of hydrogen-bond donors (Lipinski definition) is 1. The van der Waals surface area contributed by atoms with Crippen LogP contribution >= 0.6 is 11.6 Å². The van der Waals surface area contributed by atoms with Crippen LogP contribution in [-0.2, 0) is 6.54 Å². The first-order chi connectivity index (χ1) is 7.65. The van der Waals surface area contributed by atoms with Gasteiger partial charge in [-0.25, -0.2) is 4.98 Å². The molecule has 0 aliphatic carbocycles. The van der Waals surface area contributed by atoms with Gasteiger partial charge in [0, 0.05) is 31.4 Å². The monoisotopic (exact) mass is 239 g/mol. The maximum Gasteiger partial charge on any atom is 0.129 e. The second-order valence-corrected chi connectivity index (χ2v) is 4.98. The Morgan fingerprint density at radius 2 is 2.38 bits per heavy atom. The minimum absolute atomic E-state index is 0.370. The molecule has 1 aromatic heterocycles. The fourth-order valence-corrected chi connectivity index (χ4v) is 2.34. The Bertz CT molecular complexity index is 339. The fraction of sp³-hybridized carbons (Fsp3) is 0.583. The van der Waals surface area contributed by atoms with Gasteiger partial charge >= 0.3 is 0 Å². The molecule has 0 spiro atoms. The van der Waals surface area contributed by atoms with Gasteiger partial charge in [0.15, 0.2) is 0 Å². The molecule has 88 valence electrons. The van der Waals surface area contributed by atoms with E-state index >= 15 is 0 Å². The van der Waals surface area contributed by atoms with Crippen molar-refractivity contribution in [3.8, 4) is 0 Å². The molecule has 2 rings (SSSR count). The van der Waals surface area contributed by atoms with E-state index in [0.29, 0.717) is 17.2 Å². The van der Waals surface area contributed by atoms with Crippen molar-refractivity contribution in [3.05, 3.63) is 29.0 Å². The molecule has 2 N–H and O–H groups in total. The number of hydrogen-bond acceptors (Lipinski definition) is 3. The summed E-state index contributed by atoms with van der Waals surface area (Å²) in [7, 11) is 0. The molecule has 3 nitrogen and oxygen atoms in total. The summed E-state index contributed by atoms with van der Waals surface area (Å²) in [6, 6.07) is 4.81. The Morgan fingerprint density at radius 3 is 3.00 bits per heavy atom. The average Bonchev–Trinajstić information content (AvgIpc) is 2.25. The first-order valence-corrected chi connectivity index (χ1v) is 6.13. The van der Waals surface area contributed by atoms with Gasteiger partial charge in [-0.2, -0.15) is 0 Å². The molecule has 0 radical (unpaired) electrons. The number of piperidine rings is 1. The zero-order chi connectivity index (χ0) is 11.5. The number of pyridine rings is 1. The number of rotatable bonds is 2. The molecule has 2 heterocycles. The quantitative estimate of drug-likeness (QED) is 0.804. The SMILES string of the molecule is CC1CC(N)CCN1Cc1ccc(Cl)nc1. The molecule has 2 atom stereocenters. The minimum Gasteiger partial charge on any atom is -0.328 e. The molecular formula is C12H18ClN3. The van der Waals surface area contributed by atoms with E-state index in [-0.39, 0.29) is 0 Å². The average molecular weight is 240 g/mol. The maximum atomic E-state index is 5.94. The highest BCUT2D eigenvalue weighted by molar-refractivity contribution is 6.29. The van der Waals surface area contributed by atoms with E-state index in [2.05, 4.69) is 16.8 Å². The van der Waals surface area contributed by atoms with Crippen LogP contribution in [0.15, 0.2) is 18.3 Å². The van der Waals surface area contributed by atoms with Crippen LogP contribution in [0.5, 0.6) is 0 Å². The third kappa shape index (κ3) is 2.94. The summed E-state index contributed by atoms with van der Waals surface area (Å²) in [4.78, 5) is 6.55. The molecule has 0 saturated carbocycles. The Balaban J connectivity index is 1.96. The van der Waals surface area contributed by atoms with Crippen molar-refractivity contribution in [3.63, 3.8) is 0 Å². The molecule has 1 aliphatic rings. The number of aromatic nitrogens is 1. The smallest absolute Gasteiger partial charge is 0.129 e. The van der Waals surface area contributed by atoms with Crippen molar-refractivity contribution in [2.45, 2.75) is 38.4 Å². The Hall–Kier alpha value is -0.640. The van der Waals surface area contributed by atoms with E-state index in [1.165, 1.54) is 5.56 Å². The second-order valence-electron chi connectivity index (χ2n) is 4.59. The molecular weight excluding hydrogens is 222 g/mol. The third-order valence-corrected chi connectivity index (χ3v) is 3.45. The molecule has 2 unspecified atom stereocenters. The lowest BCUT2D eigenvalue weighted by Gasteiger charge is -2.36. The molecule has 1 saturated heterocycles. The lowest BCUT2D eigenvalue weighted by molar-refractivity contribution is 0.140. The minimum atomic E-state index is 0.370. The maximum absolute atomic E-state index is 5.94. The van der Waals surface area contributed by atoms with Gasteiger partial charge in [-0.3, -0.25) is 4.90 Å². The van der Waals surface area contributed by atoms with Gasteiger partial charge in [-0.15, -0.1) is 0 Å². The zero-order valence-corrected chi connectivity index (χ0v) is 10.3. The lowest BCUT2D eigenvalue weighted by atomic mass is 9.99. The summed E-state index contributed by atoms with van der Waals surface area (Å²) in [5.41, 5.74) is 7.16. The topological polar surface area (TPSA) is 42.1 Å². The summed E-state index contributed by atoms with van der Waals surface area (Å²) < 4.78 is 0. The highest BCUT2D eigenvalue weighted by Crippen LogP contribution is 2.18. The zero-order valence-electron chi connectivity index (χ0n) is 9.56. The molecule has 1 fully saturated rings. The van der Waals surface area contributed by atoms with E-state index in [4.69, 9.17) is 17.3 Å². The standard InChI is InChI=1S/C12H18ClN3/c1-9-6-11(14)4-5-16(9)8-10-2-3-12(13)15-7-10/h2-3,7,9,11H,4-6,8,14H2,1H3. The molecule has 4 heteroatoms. The van der Waals surface area contributed by atoms with Gasteiger partial charge < -0.3 is 5.73 Å². The summed E-state index contributed by atoms with van der Waals surface area (Å²) >= 11 is 5.76. The van der Waals surface area contributed by atoms with Gasteiger partial charge in [0.05, 0.1) is 0 Å². The van der Waals surface area contributed by atoms with Crippen molar-refractivity contribution in [2.75, 3.05) is 6.54 Å². The number of nitrogens with two attached hydrogens (primary N) is 1. The molecule has 0 amide bonds. The van der Waals surface area contributed by atoms with E-state index in [9.17, 15) is 0 Å². The number of halogens is 1. The van der Waals surface area contributed by atoms with Crippen LogP contribution in [0.3, 0.4) is 0 Å². The summed E-state index contributed by atoms with van der Waals surface area (Å²) in [6.45, 7) is 4.26. The van der Waals surface area contributed by atoms with E-state index in [1.807, 2.05) is 18.3 Å². The highest BCUT2D eigenvalue weighted by atomic mass is 35.5. The molecule has 0 aromatic carbocycles. The number of nitrogens with zero attached hydrogens (tertiary/aromatic N) is 2.